The average Bonchev–Trinajstić information content (AvgIpc) is 2.23. The van der Waals surface area contributed by atoms with E-state index in [9.17, 15) is 5.21 Å². The van der Waals surface area contributed by atoms with Crippen LogP contribution in [-0.2, 0) is 0 Å². The second-order valence-corrected chi connectivity index (χ2v) is 5.64. The molecular weight excluding hydrogens is 198 g/mol. The number of hydrogen-bond acceptors (Lipinski definition) is 1. The van der Waals surface area contributed by atoms with E-state index in [2.05, 4.69) is 41.5 Å². The molecule has 0 rings (SSSR count). The molecular formula is C14H31NO. The maximum absolute atomic E-state index is 12.8. The summed E-state index contributed by atoms with van der Waals surface area (Å²) in [5.41, 5.74) is 0. The summed E-state index contributed by atoms with van der Waals surface area (Å²) >= 11 is 0. The SMILES string of the molecule is CCCCC(CC)C[N+]([O-])(C(C)C)C(C)C. The van der Waals surface area contributed by atoms with Crippen molar-refractivity contribution in [2.24, 2.45) is 5.92 Å². The molecule has 1 atom stereocenters. The van der Waals surface area contributed by atoms with E-state index in [0.29, 0.717) is 5.92 Å². The van der Waals surface area contributed by atoms with Crippen molar-refractivity contribution in [3.05, 3.63) is 5.21 Å². The molecule has 0 aromatic carbocycles. The zero-order chi connectivity index (χ0) is 12.8. The number of quaternary nitrogens is 1. The van der Waals surface area contributed by atoms with Gasteiger partial charge in [-0.15, -0.1) is 0 Å². The Hall–Kier alpha value is -0.0800. The molecule has 2 nitrogen and oxygen atoms in total. The summed E-state index contributed by atoms with van der Waals surface area (Å²) < 4.78 is -0.0256. The van der Waals surface area contributed by atoms with Crippen LogP contribution in [0.2, 0.25) is 0 Å². The van der Waals surface area contributed by atoms with Crippen LogP contribution >= 0.6 is 0 Å². The van der Waals surface area contributed by atoms with Crippen molar-refractivity contribution in [1.82, 2.24) is 0 Å². The van der Waals surface area contributed by atoms with Gasteiger partial charge in [0, 0.05) is 5.92 Å². The van der Waals surface area contributed by atoms with Crippen LogP contribution in [0.4, 0.5) is 0 Å². The maximum atomic E-state index is 12.8. The Labute approximate surface area is 102 Å². The topological polar surface area (TPSA) is 23.1 Å². The quantitative estimate of drug-likeness (QED) is 0.448. The molecule has 0 aliphatic heterocycles. The Balaban J connectivity index is 4.47. The van der Waals surface area contributed by atoms with Crippen LogP contribution in [0.25, 0.3) is 0 Å². The number of nitrogens with zero attached hydrogens (tertiary/aromatic N) is 1. The van der Waals surface area contributed by atoms with Gasteiger partial charge in [0.15, 0.2) is 0 Å². The summed E-state index contributed by atoms with van der Waals surface area (Å²) in [6.45, 7) is 13.5. The van der Waals surface area contributed by atoms with Gasteiger partial charge in [-0.25, -0.2) is 0 Å². The van der Waals surface area contributed by atoms with E-state index >= 15 is 0 Å². The van der Waals surface area contributed by atoms with Crippen molar-refractivity contribution in [3.8, 4) is 0 Å². The molecule has 0 aromatic heterocycles. The summed E-state index contributed by atoms with van der Waals surface area (Å²) in [5, 5.41) is 12.8. The molecule has 2 heteroatoms. The number of hydroxylamine groups is 3. The molecule has 0 amide bonds. The molecule has 0 aliphatic carbocycles. The van der Waals surface area contributed by atoms with Crippen molar-refractivity contribution >= 4 is 0 Å². The van der Waals surface area contributed by atoms with E-state index in [4.69, 9.17) is 0 Å². The van der Waals surface area contributed by atoms with E-state index in [1.165, 1.54) is 19.3 Å². The van der Waals surface area contributed by atoms with Crippen LogP contribution in [0, 0.1) is 11.1 Å². The van der Waals surface area contributed by atoms with Gasteiger partial charge in [-0.2, -0.15) is 0 Å². The Morgan fingerprint density at radius 2 is 1.50 bits per heavy atom. The fourth-order valence-electron chi connectivity index (χ4n) is 2.34. The second-order valence-electron chi connectivity index (χ2n) is 5.64. The molecule has 0 saturated heterocycles. The van der Waals surface area contributed by atoms with Crippen LogP contribution < -0.4 is 0 Å². The smallest absolute Gasteiger partial charge is 0.0832 e. The van der Waals surface area contributed by atoms with E-state index in [1.54, 1.807) is 0 Å². The van der Waals surface area contributed by atoms with Gasteiger partial charge >= 0.3 is 0 Å². The highest BCUT2D eigenvalue weighted by molar-refractivity contribution is 4.62. The van der Waals surface area contributed by atoms with Gasteiger partial charge in [-0.3, -0.25) is 0 Å². The van der Waals surface area contributed by atoms with Gasteiger partial charge in [0.2, 0.25) is 0 Å². The van der Waals surface area contributed by atoms with Gasteiger partial charge in [0.1, 0.15) is 0 Å². The lowest BCUT2D eigenvalue weighted by molar-refractivity contribution is -0.924. The molecule has 0 bridgehead atoms. The first kappa shape index (κ1) is 15.9. The number of hydrogen-bond donors (Lipinski definition) is 0. The first-order chi connectivity index (χ1) is 7.38. The fourth-order valence-corrected chi connectivity index (χ4v) is 2.34. The van der Waals surface area contributed by atoms with Crippen molar-refractivity contribution < 1.29 is 4.65 Å². The highest BCUT2D eigenvalue weighted by Crippen LogP contribution is 2.24. The summed E-state index contributed by atoms with van der Waals surface area (Å²) in [6, 6.07) is 0.353. The van der Waals surface area contributed by atoms with E-state index in [1.807, 2.05) is 0 Å². The molecule has 98 valence electrons. The predicted octanol–water partition coefficient (Wildman–Crippen LogP) is 4.33. The molecule has 0 saturated carbocycles. The average molecular weight is 229 g/mol. The van der Waals surface area contributed by atoms with Crippen molar-refractivity contribution in [2.45, 2.75) is 79.3 Å². The molecule has 0 N–H and O–H groups in total. The minimum atomic E-state index is -0.0256. The zero-order valence-electron chi connectivity index (χ0n) is 12.1. The zero-order valence-corrected chi connectivity index (χ0v) is 12.1. The lowest BCUT2D eigenvalue weighted by Gasteiger charge is -2.51. The van der Waals surface area contributed by atoms with Crippen LogP contribution in [0.1, 0.15) is 67.2 Å². The van der Waals surface area contributed by atoms with Crippen LogP contribution in [0.5, 0.6) is 0 Å². The Bertz CT molecular complexity index is 170. The van der Waals surface area contributed by atoms with E-state index in [-0.39, 0.29) is 16.7 Å². The molecule has 0 aliphatic rings. The molecule has 0 spiro atoms. The van der Waals surface area contributed by atoms with E-state index in [0.717, 1.165) is 13.0 Å². The van der Waals surface area contributed by atoms with Gasteiger partial charge in [0.25, 0.3) is 0 Å². The first-order valence-electron chi connectivity index (χ1n) is 6.96. The Morgan fingerprint density at radius 1 is 1.00 bits per heavy atom. The predicted molar refractivity (Wildman–Crippen MR) is 72.1 cm³/mol. The van der Waals surface area contributed by atoms with Crippen LogP contribution in [-0.4, -0.2) is 23.3 Å². The molecule has 1 unspecified atom stereocenters. The standard InChI is InChI=1S/C14H31NO/c1-7-9-10-14(8-2)11-15(16,12(3)4)13(5)6/h12-14H,7-11H2,1-6H3. The van der Waals surface area contributed by atoms with Crippen LogP contribution in [0.3, 0.4) is 0 Å². The summed E-state index contributed by atoms with van der Waals surface area (Å²) in [4.78, 5) is 0. The molecule has 16 heavy (non-hydrogen) atoms. The minimum Gasteiger partial charge on any atom is -0.632 e. The van der Waals surface area contributed by atoms with Crippen LogP contribution in [0.15, 0.2) is 0 Å². The molecule has 0 aromatic rings. The lowest BCUT2D eigenvalue weighted by Crippen LogP contribution is -2.55. The first-order valence-corrected chi connectivity index (χ1v) is 6.96. The fraction of sp³-hybridized carbons (Fsp3) is 1.00. The van der Waals surface area contributed by atoms with Gasteiger partial charge in [0.05, 0.1) is 18.6 Å². The van der Waals surface area contributed by atoms with E-state index < -0.39 is 0 Å². The Kier molecular flexibility index (Phi) is 7.25. The largest absolute Gasteiger partial charge is 0.632 e. The highest BCUT2D eigenvalue weighted by Gasteiger charge is 2.28. The summed E-state index contributed by atoms with van der Waals surface area (Å²) in [7, 11) is 0. The van der Waals surface area contributed by atoms with Crippen molar-refractivity contribution in [1.29, 1.82) is 0 Å². The third-order valence-corrected chi connectivity index (χ3v) is 3.84. The molecule has 0 fully saturated rings. The van der Waals surface area contributed by atoms with Gasteiger partial charge < -0.3 is 9.85 Å². The van der Waals surface area contributed by atoms with Gasteiger partial charge in [-0.1, -0.05) is 26.7 Å². The van der Waals surface area contributed by atoms with Crippen molar-refractivity contribution in [3.63, 3.8) is 0 Å². The number of unbranched alkanes of at least 4 members (excludes halogenated alkanes) is 1. The molecule has 0 heterocycles. The Morgan fingerprint density at radius 3 is 1.81 bits per heavy atom. The summed E-state index contributed by atoms with van der Waals surface area (Å²) in [6.07, 6.45) is 4.85. The number of rotatable bonds is 8. The third kappa shape index (κ3) is 4.42. The highest BCUT2D eigenvalue weighted by atomic mass is 16.5. The minimum absolute atomic E-state index is 0.0256. The summed E-state index contributed by atoms with van der Waals surface area (Å²) in [5.74, 6) is 0.599. The van der Waals surface area contributed by atoms with Gasteiger partial charge in [-0.05, 0) is 40.5 Å². The maximum Gasteiger partial charge on any atom is 0.0832 e. The van der Waals surface area contributed by atoms with Crippen molar-refractivity contribution in [2.75, 3.05) is 6.54 Å². The normalized spacial score (nSPS) is 14.8. The second kappa shape index (κ2) is 7.29. The molecule has 0 radical (unpaired) electrons. The lowest BCUT2D eigenvalue weighted by atomic mass is 9.97. The third-order valence-electron chi connectivity index (χ3n) is 3.84. The monoisotopic (exact) mass is 229 g/mol.